The van der Waals surface area contributed by atoms with Crippen LogP contribution in [0.1, 0.15) is 44.7 Å². The molecule has 0 amide bonds. The molecule has 3 nitrogen and oxygen atoms in total. The lowest BCUT2D eigenvalue weighted by Gasteiger charge is -2.29. The molecule has 0 aliphatic heterocycles. The molecular weight excluding hydrogens is 306 g/mol. The van der Waals surface area contributed by atoms with Crippen molar-refractivity contribution >= 4 is 21.4 Å². The second-order valence-electron chi connectivity index (χ2n) is 6.35. The van der Waals surface area contributed by atoms with Gasteiger partial charge in [0.1, 0.15) is 0 Å². The highest BCUT2D eigenvalue weighted by Crippen LogP contribution is 2.30. The summed E-state index contributed by atoms with van der Waals surface area (Å²) >= 11 is 5.95. The molecule has 1 aromatic carbocycles. The molecule has 1 N–H and O–H groups in total. The number of hydrogen-bond donors (Lipinski definition) is 1. The van der Waals surface area contributed by atoms with Crippen LogP contribution in [-0.2, 0) is 9.84 Å². The van der Waals surface area contributed by atoms with Crippen molar-refractivity contribution in [1.82, 2.24) is 5.32 Å². The average Bonchev–Trinajstić information content (AvgIpc) is 2.85. The van der Waals surface area contributed by atoms with Gasteiger partial charge in [-0.1, -0.05) is 44.0 Å². The largest absolute Gasteiger partial charge is 0.306 e. The van der Waals surface area contributed by atoms with Gasteiger partial charge in [0.2, 0.25) is 0 Å². The molecule has 0 saturated heterocycles. The van der Waals surface area contributed by atoms with E-state index in [0.29, 0.717) is 5.92 Å². The monoisotopic (exact) mass is 329 g/mol. The van der Waals surface area contributed by atoms with Gasteiger partial charge in [-0.05, 0) is 36.5 Å². The lowest BCUT2D eigenvalue weighted by atomic mass is 9.95. The highest BCUT2D eigenvalue weighted by Gasteiger charge is 2.36. The van der Waals surface area contributed by atoms with Crippen molar-refractivity contribution in [2.75, 3.05) is 6.26 Å². The average molecular weight is 330 g/mol. The zero-order valence-corrected chi connectivity index (χ0v) is 14.4. The topological polar surface area (TPSA) is 46.2 Å². The van der Waals surface area contributed by atoms with Gasteiger partial charge in [0.05, 0.1) is 5.25 Å². The fraction of sp³-hybridized carbons (Fsp3) is 0.625. The summed E-state index contributed by atoms with van der Waals surface area (Å²) in [5.74, 6) is 0.381. The van der Waals surface area contributed by atoms with Crippen molar-refractivity contribution in [3.05, 3.63) is 34.9 Å². The Morgan fingerprint density at radius 3 is 2.33 bits per heavy atom. The lowest BCUT2D eigenvalue weighted by Crippen LogP contribution is -2.43. The summed E-state index contributed by atoms with van der Waals surface area (Å²) < 4.78 is 23.8. The lowest BCUT2D eigenvalue weighted by molar-refractivity contribution is 0.360. The van der Waals surface area contributed by atoms with Crippen LogP contribution in [0.2, 0.25) is 5.02 Å². The number of rotatable bonds is 5. The van der Waals surface area contributed by atoms with Crippen LogP contribution in [-0.4, -0.2) is 26.0 Å². The van der Waals surface area contributed by atoms with E-state index in [4.69, 9.17) is 11.6 Å². The Hall–Kier alpha value is -0.580. The molecule has 21 heavy (non-hydrogen) atoms. The molecule has 1 aliphatic rings. The van der Waals surface area contributed by atoms with Gasteiger partial charge < -0.3 is 5.32 Å². The normalized spacial score (nSPS) is 24.4. The summed E-state index contributed by atoms with van der Waals surface area (Å²) in [6.07, 6.45) is 4.02. The van der Waals surface area contributed by atoms with Crippen molar-refractivity contribution < 1.29 is 8.42 Å². The van der Waals surface area contributed by atoms with E-state index in [1.165, 1.54) is 6.26 Å². The number of sulfone groups is 1. The third-order valence-corrected chi connectivity index (χ3v) is 6.21. The summed E-state index contributed by atoms with van der Waals surface area (Å²) in [5.41, 5.74) is 1.16. The van der Waals surface area contributed by atoms with Crippen LogP contribution in [0, 0.1) is 5.92 Å². The summed E-state index contributed by atoms with van der Waals surface area (Å²) in [6.45, 7) is 4.30. The standard InChI is InChI=1S/C16H24ClNO2S/c1-11(2)16(12-7-9-13(17)10-8-12)18-14-5-4-6-15(14)21(3,19)20/h7-11,14-16,18H,4-6H2,1-3H3. The van der Waals surface area contributed by atoms with Crippen LogP contribution in [0.4, 0.5) is 0 Å². The maximum atomic E-state index is 11.9. The molecule has 1 fully saturated rings. The number of nitrogens with one attached hydrogen (secondary N) is 1. The third kappa shape index (κ3) is 4.21. The van der Waals surface area contributed by atoms with Gasteiger partial charge in [0, 0.05) is 23.4 Å². The Bertz CT molecular complexity index is 568. The van der Waals surface area contributed by atoms with Crippen molar-refractivity contribution in [2.45, 2.75) is 50.4 Å². The van der Waals surface area contributed by atoms with E-state index in [-0.39, 0.29) is 17.3 Å². The minimum Gasteiger partial charge on any atom is -0.306 e. The van der Waals surface area contributed by atoms with Gasteiger partial charge in [0.25, 0.3) is 0 Å². The Balaban J connectivity index is 2.19. The van der Waals surface area contributed by atoms with Gasteiger partial charge in [-0.25, -0.2) is 8.42 Å². The van der Waals surface area contributed by atoms with E-state index < -0.39 is 9.84 Å². The van der Waals surface area contributed by atoms with Gasteiger partial charge in [0.15, 0.2) is 9.84 Å². The zero-order chi connectivity index (χ0) is 15.6. The first-order valence-electron chi connectivity index (χ1n) is 7.49. The molecule has 1 saturated carbocycles. The number of benzene rings is 1. The molecule has 0 aromatic heterocycles. The van der Waals surface area contributed by atoms with E-state index in [1.54, 1.807) is 0 Å². The van der Waals surface area contributed by atoms with Crippen LogP contribution >= 0.6 is 11.6 Å². The van der Waals surface area contributed by atoms with Crippen LogP contribution in [0.25, 0.3) is 0 Å². The maximum Gasteiger partial charge on any atom is 0.151 e. The molecule has 3 atom stereocenters. The minimum atomic E-state index is -3.00. The number of hydrogen-bond acceptors (Lipinski definition) is 3. The summed E-state index contributed by atoms with van der Waals surface area (Å²) in [5, 5.41) is 4.05. The molecule has 0 bridgehead atoms. The first-order chi connectivity index (χ1) is 9.79. The summed E-state index contributed by atoms with van der Waals surface area (Å²) in [7, 11) is -3.00. The Labute approximate surface area is 133 Å². The molecule has 3 unspecified atom stereocenters. The smallest absolute Gasteiger partial charge is 0.151 e. The highest BCUT2D eigenvalue weighted by atomic mass is 35.5. The number of halogens is 1. The van der Waals surface area contributed by atoms with Gasteiger partial charge in [-0.2, -0.15) is 0 Å². The SMILES string of the molecule is CC(C)C(NC1CCCC1S(C)(=O)=O)c1ccc(Cl)cc1. The van der Waals surface area contributed by atoms with Crippen LogP contribution in [0.3, 0.4) is 0 Å². The highest BCUT2D eigenvalue weighted by molar-refractivity contribution is 7.91. The quantitative estimate of drug-likeness (QED) is 0.898. The Morgan fingerprint density at radius 1 is 1.19 bits per heavy atom. The fourth-order valence-electron chi connectivity index (χ4n) is 3.20. The Morgan fingerprint density at radius 2 is 1.81 bits per heavy atom. The molecule has 1 aromatic rings. The van der Waals surface area contributed by atoms with E-state index in [9.17, 15) is 8.42 Å². The summed E-state index contributed by atoms with van der Waals surface area (Å²) in [6, 6.07) is 8.00. The van der Waals surface area contributed by atoms with E-state index in [1.807, 2.05) is 24.3 Å². The molecule has 5 heteroatoms. The molecule has 0 heterocycles. The molecule has 2 rings (SSSR count). The van der Waals surface area contributed by atoms with E-state index in [0.717, 1.165) is 29.8 Å². The maximum absolute atomic E-state index is 11.9. The van der Waals surface area contributed by atoms with E-state index in [2.05, 4.69) is 19.2 Å². The predicted octanol–water partition coefficient (Wildman–Crippen LogP) is 3.59. The van der Waals surface area contributed by atoms with Crippen molar-refractivity contribution in [3.8, 4) is 0 Å². The second kappa shape index (κ2) is 6.67. The molecular formula is C16H24ClNO2S. The molecule has 0 spiro atoms. The van der Waals surface area contributed by atoms with Gasteiger partial charge in [-0.3, -0.25) is 0 Å². The van der Waals surface area contributed by atoms with E-state index >= 15 is 0 Å². The summed E-state index contributed by atoms with van der Waals surface area (Å²) in [4.78, 5) is 0. The third-order valence-electron chi connectivity index (χ3n) is 4.29. The molecule has 1 aliphatic carbocycles. The van der Waals surface area contributed by atoms with Crippen LogP contribution < -0.4 is 5.32 Å². The van der Waals surface area contributed by atoms with Gasteiger partial charge in [-0.15, -0.1) is 0 Å². The van der Waals surface area contributed by atoms with Crippen molar-refractivity contribution in [3.63, 3.8) is 0 Å². The second-order valence-corrected chi connectivity index (χ2v) is 9.05. The zero-order valence-electron chi connectivity index (χ0n) is 12.8. The van der Waals surface area contributed by atoms with Crippen molar-refractivity contribution in [2.24, 2.45) is 5.92 Å². The van der Waals surface area contributed by atoms with Crippen molar-refractivity contribution in [1.29, 1.82) is 0 Å². The first-order valence-corrected chi connectivity index (χ1v) is 9.82. The first kappa shape index (κ1) is 16.8. The van der Waals surface area contributed by atoms with Crippen LogP contribution in [0.15, 0.2) is 24.3 Å². The predicted molar refractivity (Wildman–Crippen MR) is 88.4 cm³/mol. The fourth-order valence-corrected chi connectivity index (χ4v) is 4.74. The Kier molecular flexibility index (Phi) is 5.33. The molecule has 0 radical (unpaired) electrons. The van der Waals surface area contributed by atoms with Crippen LogP contribution in [0.5, 0.6) is 0 Å². The van der Waals surface area contributed by atoms with Gasteiger partial charge >= 0.3 is 0 Å². The molecule has 118 valence electrons. The minimum absolute atomic E-state index is 0.0445.